The van der Waals surface area contributed by atoms with Gasteiger partial charge in [-0.25, -0.2) is 0 Å². The Morgan fingerprint density at radius 3 is 2.68 bits per heavy atom. The SMILES string of the molecule is CC1CCC(N)(c2noc(C3(C)CCCS3)n2)CC1. The van der Waals surface area contributed by atoms with E-state index in [1.807, 2.05) is 11.8 Å². The van der Waals surface area contributed by atoms with Crippen LogP contribution in [0.25, 0.3) is 0 Å². The highest BCUT2D eigenvalue weighted by atomic mass is 32.2. The van der Waals surface area contributed by atoms with Gasteiger partial charge in [-0.1, -0.05) is 12.1 Å². The van der Waals surface area contributed by atoms with Crippen molar-refractivity contribution in [3.05, 3.63) is 11.7 Å². The topological polar surface area (TPSA) is 64.9 Å². The van der Waals surface area contributed by atoms with Crippen LogP contribution in [0.5, 0.6) is 0 Å². The van der Waals surface area contributed by atoms with Gasteiger partial charge in [-0.3, -0.25) is 0 Å². The van der Waals surface area contributed by atoms with Gasteiger partial charge in [-0.15, -0.1) is 11.8 Å². The number of nitrogens with zero attached hydrogens (tertiary/aromatic N) is 2. The van der Waals surface area contributed by atoms with Gasteiger partial charge in [-0.2, -0.15) is 4.98 Å². The molecule has 1 aliphatic carbocycles. The van der Waals surface area contributed by atoms with Crippen LogP contribution in [-0.2, 0) is 10.3 Å². The lowest BCUT2D eigenvalue weighted by Gasteiger charge is -2.33. The molecule has 2 fully saturated rings. The fourth-order valence-corrected chi connectivity index (χ4v) is 4.32. The molecule has 19 heavy (non-hydrogen) atoms. The molecular formula is C14H23N3OS. The first-order valence-corrected chi connectivity index (χ1v) is 8.28. The molecule has 2 N–H and O–H groups in total. The third-order valence-corrected chi connectivity index (χ3v) is 6.22. The van der Waals surface area contributed by atoms with Crippen molar-refractivity contribution >= 4 is 11.8 Å². The minimum Gasteiger partial charge on any atom is -0.338 e. The van der Waals surface area contributed by atoms with E-state index in [0.717, 1.165) is 49.7 Å². The summed E-state index contributed by atoms with van der Waals surface area (Å²) in [6.45, 7) is 4.49. The van der Waals surface area contributed by atoms with Gasteiger partial charge in [0.2, 0.25) is 5.89 Å². The summed E-state index contributed by atoms with van der Waals surface area (Å²) >= 11 is 1.92. The fraction of sp³-hybridized carbons (Fsp3) is 0.857. The number of rotatable bonds is 2. The van der Waals surface area contributed by atoms with Crippen molar-refractivity contribution < 1.29 is 4.52 Å². The Kier molecular flexibility index (Phi) is 3.38. The van der Waals surface area contributed by atoms with Gasteiger partial charge in [0.05, 0.1) is 10.3 Å². The molecule has 1 unspecified atom stereocenters. The third-order valence-electron chi connectivity index (χ3n) is 4.71. The zero-order valence-corrected chi connectivity index (χ0v) is 12.6. The highest BCUT2D eigenvalue weighted by Gasteiger charge is 2.41. The molecule has 4 nitrogen and oxygen atoms in total. The molecule has 106 valence electrons. The van der Waals surface area contributed by atoms with Crippen LogP contribution in [0.1, 0.15) is 64.1 Å². The largest absolute Gasteiger partial charge is 0.338 e. The maximum atomic E-state index is 6.51. The maximum absolute atomic E-state index is 6.51. The fourth-order valence-electron chi connectivity index (χ4n) is 3.09. The normalized spacial score (nSPS) is 39.6. The molecule has 0 bridgehead atoms. The first-order valence-electron chi connectivity index (χ1n) is 7.29. The van der Waals surface area contributed by atoms with Crippen LogP contribution < -0.4 is 5.73 Å². The zero-order chi connectivity index (χ0) is 13.5. The molecule has 1 aliphatic heterocycles. The molecular weight excluding hydrogens is 258 g/mol. The summed E-state index contributed by atoms with van der Waals surface area (Å²) in [5.74, 6) is 3.45. The van der Waals surface area contributed by atoms with Crippen molar-refractivity contribution in [2.45, 2.75) is 62.7 Å². The van der Waals surface area contributed by atoms with Crippen molar-refractivity contribution in [2.24, 2.45) is 11.7 Å². The summed E-state index contributed by atoms with van der Waals surface area (Å²) in [5.41, 5.74) is 6.14. The summed E-state index contributed by atoms with van der Waals surface area (Å²) in [7, 11) is 0. The minimum atomic E-state index is -0.367. The minimum absolute atomic E-state index is 0.00354. The van der Waals surface area contributed by atoms with Crippen LogP contribution in [-0.4, -0.2) is 15.9 Å². The van der Waals surface area contributed by atoms with E-state index < -0.39 is 0 Å². The lowest BCUT2D eigenvalue weighted by molar-refractivity contribution is 0.229. The second-order valence-electron chi connectivity index (χ2n) is 6.44. The van der Waals surface area contributed by atoms with Crippen molar-refractivity contribution in [3.8, 4) is 0 Å². The molecule has 2 aliphatic rings. The van der Waals surface area contributed by atoms with Gasteiger partial charge in [-0.05, 0) is 57.1 Å². The Morgan fingerprint density at radius 1 is 1.32 bits per heavy atom. The van der Waals surface area contributed by atoms with Crippen molar-refractivity contribution in [1.29, 1.82) is 0 Å². The number of nitrogens with two attached hydrogens (primary N) is 1. The second kappa shape index (κ2) is 4.77. The van der Waals surface area contributed by atoms with Crippen molar-refractivity contribution in [3.63, 3.8) is 0 Å². The molecule has 1 saturated carbocycles. The molecule has 0 spiro atoms. The lowest BCUT2D eigenvalue weighted by atomic mass is 9.77. The van der Waals surface area contributed by atoms with Crippen LogP contribution in [0, 0.1) is 5.92 Å². The molecule has 1 saturated heterocycles. The molecule has 0 amide bonds. The van der Waals surface area contributed by atoms with Gasteiger partial charge in [0.1, 0.15) is 0 Å². The molecule has 3 rings (SSSR count). The van der Waals surface area contributed by atoms with Gasteiger partial charge >= 0.3 is 0 Å². The smallest absolute Gasteiger partial charge is 0.242 e. The maximum Gasteiger partial charge on any atom is 0.242 e. The van der Waals surface area contributed by atoms with Crippen LogP contribution in [0.15, 0.2) is 4.52 Å². The van der Waals surface area contributed by atoms with Gasteiger partial charge in [0, 0.05) is 0 Å². The van der Waals surface area contributed by atoms with E-state index in [1.54, 1.807) is 0 Å². The molecule has 1 aromatic heterocycles. The van der Waals surface area contributed by atoms with Gasteiger partial charge in [0.15, 0.2) is 5.82 Å². The van der Waals surface area contributed by atoms with E-state index in [9.17, 15) is 0 Å². The Labute approximate surface area is 118 Å². The van der Waals surface area contributed by atoms with E-state index in [2.05, 4.69) is 24.0 Å². The summed E-state index contributed by atoms with van der Waals surface area (Å²) in [5, 5.41) is 4.20. The van der Waals surface area contributed by atoms with Crippen LogP contribution in [0.4, 0.5) is 0 Å². The van der Waals surface area contributed by atoms with Crippen LogP contribution in [0.3, 0.4) is 0 Å². The first-order chi connectivity index (χ1) is 9.02. The third kappa shape index (κ3) is 2.42. The second-order valence-corrected chi connectivity index (χ2v) is 8.04. The predicted octanol–water partition coefficient (Wildman–Crippen LogP) is 3.18. The first kappa shape index (κ1) is 13.4. The number of aromatic nitrogens is 2. The Hall–Kier alpha value is -0.550. The van der Waals surface area contributed by atoms with Gasteiger partial charge in [0.25, 0.3) is 0 Å². The van der Waals surface area contributed by atoms with Gasteiger partial charge < -0.3 is 10.3 Å². The average molecular weight is 281 g/mol. The summed E-state index contributed by atoms with van der Waals surface area (Å²) < 4.78 is 5.54. The predicted molar refractivity (Wildman–Crippen MR) is 76.8 cm³/mol. The lowest BCUT2D eigenvalue weighted by Crippen LogP contribution is -2.41. The quantitative estimate of drug-likeness (QED) is 0.902. The Morgan fingerprint density at radius 2 is 2.05 bits per heavy atom. The molecule has 0 aromatic carbocycles. The monoisotopic (exact) mass is 281 g/mol. The zero-order valence-electron chi connectivity index (χ0n) is 11.8. The standard InChI is InChI=1S/C14H23N3OS/c1-10-4-7-14(15,8-5-10)11-16-12(18-17-11)13(2)6-3-9-19-13/h10H,3-9,15H2,1-2H3. The van der Waals surface area contributed by atoms with Crippen molar-refractivity contribution in [1.82, 2.24) is 10.1 Å². The van der Waals surface area contributed by atoms with E-state index in [1.165, 1.54) is 12.2 Å². The number of hydrogen-bond acceptors (Lipinski definition) is 5. The highest BCUT2D eigenvalue weighted by Crippen LogP contribution is 2.46. The van der Waals surface area contributed by atoms with Crippen LogP contribution in [0.2, 0.25) is 0 Å². The van der Waals surface area contributed by atoms with Crippen LogP contribution >= 0.6 is 11.8 Å². The number of thioether (sulfide) groups is 1. The highest BCUT2D eigenvalue weighted by molar-refractivity contribution is 8.00. The van der Waals surface area contributed by atoms with E-state index in [-0.39, 0.29) is 10.3 Å². The van der Waals surface area contributed by atoms with E-state index in [0.29, 0.717) is 0 Å². The molecule has 1 atom stereocenters. The van der Waals surface area contributed by atoms with Crippen molar-refractivity contribution in [2.75, 3.05) is 5.75 Å². The summed E-state index contributed by atoms with van der Waals surface area (Å²) in [4.78, 5) is 4.66. The number of hydrogen-bond donors (Lipinski definition) is 1. The van der Waals surface area contributed by atoms with E-state index >= 15 is 0 Å². The Balaban J connectivity index is 1.81. The summed E-state index contributed by atoms with van der Waals surface area (Å²) in [6, 6.07) is 0. The van der Waals surface area contributed by atoms with E-state index in [4.69, 9.17) is 10.3 Å². The average Bonchev–Trinajstić information content (AvgIpc) is 3.03. The molecule has 5 heteroatoms. The molecule has 1 aromatic rings. The summed E-state index contributed by atoms with van der Waals surface area (Å²) in [6.07, 6.45) is 6.60. The molecule has 0 radical (unpaired) electrons. The molecule has 2 heterocycles. The Bertz CT molecular complexity index is 445.